The molecule has 4 amide bonds. The number of rotatable bonds is 19. The molecule has 2 unspecified atom stereocenters. The number of carbonyl (C=O) groups excluding carboxylic acids is 4. The Hall–Kier alpha value is -6.10. The Morgan fingerprint density at radius 2 is 1.57 bits per heavy atom. The number of piperidine rings is 2. The number of nitrogen functional groups attached to an aromatic ring is 1. The Balaban J connectivity index is 0.646. The van der Waals surface area contributed by atoms with E-state index in [1.807, 2.05) is 82.4 Å². The molecule has 0 spiro atoms. The number of imide groups is 1. The molecule has 3 aromatic carbocycles. The fourth-order valence-electron chi connectivity index (χ4n) is 9.91. The highest BCUT2D eigenvalue weighted by atomic mass is 32.2. The number of piperazine rings is 1. The lowest BCUT2D eigenvalue weighted by Crippen LogP contribution is -2.52. The Morgan fingerprint density at radius 3 is 2.37 bits per heavy atom. The van der Waals surface area contributed by atoms with E-state index in [2.05, 4.69) is 31.2 Å². The molecule has 6 heterocycles. The summed E-state index contributed by atoms with van der Waals surface area (Å²) in [6, 6.07) is 22.7. The van der Waals surface area contributed by atoms with Gasteiger partial charge in [-0.15, -0.1) is 11.8 Å². The van der Waals surface area contributed by atoms with E-state index in [0.29, 0.717) is 54.2 Å². The molecular formula is C52H62N10O5S. The lowest BCUT2D eigenvalue weighted by Gasteiger charge is -2.34. The number of anilines is 1. The maximum atomic E-state index is 13.5. The van der Waals surface area contributed by atoms with E-state index in [1.54, 1.807) is 22.7 Å². The Morgan fingerprint density at radius 1 is 0.824 bits per heavy atom. The number of carbonyl (C=O) groups is 4. The van der Waals surface area contributed by atoms with Crippen LogP contribution < -0.4 is 15.8 Å². The number of nitrogens with two attached hydrogens (primary N) is 1. The Labute approximate surface area is 402 Å². The standard InChI is InChI=1S/C52H62N10O5S/c53-49-47-48(37-20-22-40(23-21-37)67-39-15-7-6-8-16-39)57-62(50(47)55-36-54-49)38-14-12-28-60(34-38)46(64)19-13-27-59-31-29-58(30-32-59)26-9-4-2-1-3-5-10-33-68-44-18-11-17-41-42(44)35-61(52(41)66)43-24-25-45(63)56-51(43)65/h6-8,11,13,15-23,36,38,43H,1-5,9-10,12,14,24-35H2,(H2,53,54,55)(H,56,63,65)/b19-13+. The van der Waals surface area contributed by atoms with Crippen LogP contribution in [0.2, 0.25) is 0 Å². The van der Waals surface area contributed by atoms with Gasteiger partial charge in [-0.2, -0.15) is 5.10 Å². The second-order valence-corrected chi connectivity index (χ2v) is 19.5. The molecule has 16 heteroatoms. The van der Waals surface area contributed by atoms with Crippen molar-refractivity contribution in [2.24, 2.45) is 0 Å². The summed E-state index contributed by atoms with van der Waals surface area (Å²) in [5.74, 6) is 2.14. The van der Waals surface area contributed by atoms with Crippen LogP contribution in [-0.4, -0.2) is 127 Å². The van der Waals surface area contributed by atoms with Gasteiger partial charge in [0.25, 0.3) is 5.91 Å². The van der Waals surface area contributed by atoms with Gasteiger partial charge >= 0.3 is 0 Å². The zero-order chi connectivity index (χ0) is 46.8. The van der Waals surface area contributed by atoms with E-state index in [1.165, 1.54) is 44.9 Å². The van der Waals surface area contributed by atoms with Crippen molar-refractivity contribution in [3.8, 4) is 22.8 Å². The normalized spacial score (nSPS) is 19.3. The second-order valence-electron chi connectivity index (χ2n) is 18.3. The quantitative estimate of drug-likeness (QED) is 0.0362. The summed E-state index contributed by atoms with van der Waals surface area (Å²) in [6.45, 7) is 7.71. The first kappa shape index (κ1) is 47.0. The second kappa shape index (κ2) is 22.3. The molecule has 3 N–H and O–H groups in total. The van der Waals surface area contributed by atoms with Crippen LogP contribution in [-0.2, 0) is 20.9 Å². The minimum absolute atomic E-state index is 0.0301. The number of amides is 4. The van der Waals surface area contributed by atoms with Crippen molar-refractivity contribution in [1.29, 1.82) is 0 Å². The molecule has 3 saturated heterocycles. The summed E-state index contributed by atoms with van der Waals surface area (Å²) in [4.78, 5) is 69.3. The lowest BCUT2D eigenvalue weighted by atomic mass is 10.0. The van der Waals surface area contributed by atoms with Gasteiger partial charge in [0, 0.05) is 80.9 Å². The SMILES string of the molecule is Nc1ncnc2c1c(-c1ccc(Oc3ccccc3)cc1)nn2C1CCCN(C(=O)/C=C/CN2CCN(CCCCCCCCCSc3cccc4c3CN(C3CCC(=O)NC3=O)C4=O)CC2)C1. The van der Waals surface area contributed by atoms with Crippen molar-refractivity contribution in [3.05, 3.63) is 102 Å². The van der Waals surface area contributed by atoms with Crippen LogP contribution in [0.15, 0.2) is 96.2 Å². The molecule has 0 bridgehead atoms. The number of unbranched alkanes of at least 4 members (excludes halogenated alkanes) is 6. The Kier molecular flexibility index (Phi) is 15.4. The van der Waals surface area contributed by atoms with Crippen LogP contribution in [0.4, 0.5) is 5.82 Å². The average Bonchev–Trinajstić information content (AvgIpc) is 3.92. The number of nitrogens with one attached hydrogen (secondary N) is 1. The van der Waals surface area contributed by atoms with Crippen LogP contribution >= 0.6 is 11.8 Å². The van der Waals surface area contributed by atoms with Gasteiger partial charge in [-0.05, 0) is 98.5 Å². The fraction of sp³-hybridized carbons (Fsp3) is 0.442. The van der Waals surface area contributed by atoms with E-state index in [4.69, 9.17) is 15.6 Å². The van der Waals surface area contributed by atoms with Crippen molar-refractivity contribution in [2.75, 3.05) is 63.8 Å². The number of hydrogen-bond acceptors (Lipinski definition) is 12. The van der Waals surface area contributed by atoms with Gasteiger partial charge < -0.3 is 25.2 Å². The number of benzene rings is 3. The monoisotopic (exact) mass is 938 g/mol. The molecule has 68 heavy (non-hydrogen) atoms. The lowest BCUT2D eigenvalue weighted by molar-refractivity contribution is -0.137. The van der Waals surface area contributed by atoms with Crippen LogP contribution in [0.5, 0.6) is 11.5 Å². The van der Waals surface area contributed by atoms with Crippen molar-refractivity contribution in [1.82, 2.24) is 44.7 Å². The van der Waals surface area contributed by atoms with Gasteiger partial charge in [0.2, 0.25) is 17.7 Å². The number of likely N-dealkylation sites (tertiary alicyclic amines) is 1. The third-order valence-corrected chi connectivity index (χ3v) is 14.9. The minimum atomic E-state index is -0.583. The van der Waals surface area contributed by atoms with E-state index >= 15 is 0 Å². The molecule has 356 valence electrons. The predicted octanol–water partition coefficient (Wildman–Crippen LogP) is 7.49. The van der Waals surface area contributed by atoms with E-state index < -0.39 is 6.04 Å². The number of thioether (sulfide) groups is 1. The molecule has 2 atom stereocenters. The molecule has 3 fully saturated rings. The van der Waals surface area contributed by atoms with E-state index in [-0.39, 0.29) is 36.1 Å². The number of fused-ring (bicyclic) bond motifs is 2. The molecule has 2 aromatic heterocycles. The fourth-order valence-corrected chi connectivity index (χ4v) is 11.0. The number of aromatic nitrogens is 4. The predicted molar refractivity (Wildman–Crippen MR) is 264 cm³/mol. The summed E-state index contributed by atoms with van der Waals surface area (Å²) in [5, 5.41) is 8.16. The molecular weight excluding hydrogens is 877 g/mol. The number of hydrogen-bond donors (Lipinski definition) is 2. The molecule has 0 aliphatic carbocycles. The summed E-state index contributed by atoms with van der Waals surface area (Å²) >= 11 is 1.80. The number of ether oxygens (including phenoxy) is 1. The molecule has 4 aliphatic heterocycles. The maximum absolute atomic E-state index is 13.5. The first-order valence-corrected chi connectivity index (χ1v) is 25.4. The summed E-state index contributed by atoms with van der Waals surface area (Å²) in [5.41, 5.74) is 10.4. The van der Waals surface area contributed by atoms with Crippen LogP contribution in [0.1, 0.15) is 92.6 Å². The van der Waals surface area contributed by atoms with Crippen LogP contribution in [0.25, 0.3) is 22.3 Å². The Bertz CT molecular complexity index is 2600. The van der Waals surface area contributed by atoms with Gasteiger partial charge in [0.15, 0.2) is 5.65 Å². The highest BCUT2D eigenvalue weighted by Gasteiger charge is 2.40. The third kappa shape index (κ3) is 11.3. The van der Waals surface area contributed by atoms with Crippen LogP contribution in [0.3, 0.4) is 0 Å². The van der Waals surface area contributed by atoms with Gasteiger partial charge in [-0.25, -0.2) is 14.6 Å². The summed E-state index contributed by atoms with van der Waals surface area (Å²) in [6.07, 6.45) is 16.2. The zero-order valence-electron chi connectivity index (χ0n) is 38.8. The number of nitrogens with zero attached hydrogens (tertiary/aromatic N) is 8. The zero-order valence-corrected chi connectivity index (χ0v) is 39.6. The van der Waals surface area contributed by atoms with Gasteiger partial charge in [-0.3, -0.25) is 29.4 Å². The smallest absolute Gasteiger partial charge is 0.255 e. The molecule has 4 aliphatic rings. The van der Waals surface area contributed by atoms with Gasteiger partial charge in [0.1, 0.15) is 35.4 Å². The molecule has 15 nitrogen and oxygen atoms in total. The van der Waals surface area contributed by atoms with Crippen molar-refractivity contribution >= 4 is 52.2 Å². The highest BCUT2D eigenvalue weighted by Crippen LogP contribution is 2.37. The van der Waals surface area contributed by atoms with E-state index in [9.17, 15) is 19.2 Å². The minimum Gasteiger partial charge on any atom is -0.457 e. The van der Waals surface area contributed by atoms with E-state index in [0.717, 1.165) is 91.8 Å². The van der Waals surface area contributed by atoms with Crippen molar-refractivity contribution in [2.45, 2.75) is 94.2 Å². The summed E-state index contributed by atoms with van der Waals surface area (Å²) < 4.78 is 7.94. The van der Waals surface area contributed by atoms with Crippen LogP contribution in [0, 0.1) is 0 Å². The van der Waals surface area contributed by atoms with Crippen molar-refractivity contribution in [3.63, 3.8) is 0 Å². The average molecular weight is 939 g/mol. The third-order valence-electron chi connectivity index (χ3n) is 13.7. The molecule has 0 radical (unpaired) electrons. The maximum Gasteiger partial charge on any atom is 0.255 e. The first-order valence-electron chi connectivity index (χ1n) is 24.4. The molecule has 5 aromatic rings. The van der Waals surface area contributed by atoms with Crippen molar-refractivity contribution < 1.29 is 23.9 Å². The van der Waals surface area contributed by atoms with Gasteiger partial charge in [-0.1, -0.05) is 62.4 Å². The first-order chi connectivity index (χ1) is 33.3. The summed E-state index contributed by atoms with van der Waals surface area (Å²) in [7, 11) is 0. The number of para-hydroxylation sites is 1. The van der Waals surface area contributed by atoms with Gasteiger partial charge in [0.05, 0.1) is 11.4 Å². The topological polar surface area (TPSA) is 172 Å². The highest BCUT2D eigenvalue weighted by molar-refractivity contribution is 7.99. The molecule has 0 saturated carbocycles. The molecule has 9 rings (SSSR count). The largest absolute Gasteiger partial charge is 0.457 e.